The number of ether oxygens (including phenoxy) is 1. The van der Waals surface area contributed by atoms with Gasteiger partial charge in [-0.05, 0) is 22.8 Å². The number of aliphatic carboxylic acids is 1. The van der Waals surface area contributed by atoms with Gasteiger partial charge in [0, 0.05) is 6.42 Å². The highest BCUT2D eigenvalue weighted by Gasteiger charge is 2.24. The van der Waals surface area contributed by atoms with Crippen molar-refractivity contribution in [1.29, 1.82) is 0 Å². The molecule has 28 heavy (non-hydrogen) atoms. The van der Waals surface area contributed by atoms with Gasteiger partial charge in [0.15, 0.2) is 12.4 Å². The molecule has 148 valence electrons. The summed E-state index contributed by atoms with van der Waals surface area (Å²) in [7, 11) is 0. The molecular weight excluding hydrogens is 362 g/mol. The van der Waals surface area contributed by atoms with Crippen molar-refractivity contribution in [2.24, 2.45) is 0 Å². The molecule has 0 aliphatic carbocycles. The standard InChI is InChI=1S/C21H23NO6/c1-2-5-19(24)22-17(12-20(25)26)18(23)13-28-21(27)11-14-8-9-15-6-3-4-7-16(15)10-14/h3-4,6-10,17H,2,5,11-13H2,1H3,(H,22,24)(H,25,26). The molecule has 1 atom stereocenters. The van der Waals surface area contributed by atoms with Crippen LogP contribution in [0.1, 0.15) is 31.7 Å². The Morgan fingerprint density at radius 3 is 2.46 bits per heavy atom. The number of hydrogen-bond acceptors (Lipinski definition) is 5. The fourth-order valence-electron chi connectivity index (χ4n) is 2.73. The molecule has 0 heterocycles. The number of esters is 1. The number of amides is 1. The molecule has 2 aromatic carbocycles. The van der Waals surface area contributed by atoms with Gasteiger partial charge in [0.2, 0.25) is 5.91 Å². The molecule has 2 N–H and O–H groups in total. The first-order valence-corrected chi connectivity index (χ1v) is 9.06. The number of carbonyl (C=O) groups excluding carboxylic acids is 3. The lowest BCUT2D eigenvalue weighted by molar-refractivity contribution is -0.148. The van der Waals surface area contributed by atoms with Crippen molar-refractivity contribution in [1.82, 2.24) is 5.32 Å². The average molecular weight is 385 g/mol. The lowest BCUT2D eigenvalue weighted by Gasteiger charge is -2.15. The van der Waals surface area contributed by atoms with E-state index in [1.54, 1.807) is 6.92 Å². The van der Waals surface area contributed by atoms with Gasteiger partial charge in [0.05, 0.1) is 12.8 Å². The fraction of sp³-hybridized carbons (Fsp3) is 0.333. The van der Waals surface area contributed by atoms with Crippen LogP contribution in [0.25, 0.3) is 10.8 Å². The van der Waals surface area contributed by atoms with E-state index >= 15 is 0 Å². The predicted molar refractivity (Wildman–Crippen MR) is 103 cm³/mol. The maximum absolute atomic E-state index is 12.2. The second kappa shape index (κ2) is 10.2. The molecule has 0 aliphatic rings. The van der Waals surface area contributed by atoms with Gasteiger partial charge >= 0.3 is 11.9 Å². The molecule has 1 amide bonds. The number of benzene rings is 2. The van der Waals surface area contributed by atoms with Crippen LogP contribution in [0.2, 0.25) is 0 Å². The molecule has 1 unspecified atom stereocenters. The van der Waals surface area contributed by atoms with Crippen LogP contribution in [0.3, 0.4) is 0 Å². The van der Waals surface area contributed by atoms with Crippen molar-refractivity contribution in [2.75, 3.05) is 6.61 Å². The predicted octanol–water partition coefficient (Wildman–Crippen LogP) is 2.25. The Morgan fingerprint density at radius 1 is 1.07 bits per heavy atom. The van der Waals surface area contributed by atoms with Gasteiger partial charge in [0.25, 0.3) is 0 Å². The summed E-state index contributed by atoms with van der Waals surface area (Å²) in [5.41, 5.74) is 0.745. The van der Waals surface area contributed by atoms with E-state index in [1.807, 2.05) is 42.5 Å². The number of carboxylic acids is 1. The summed E-state index contributed by atoms with van der Waals surface area (Å²) in [5.74, 6) is -2.89. The topological polar surface area (TPSA) is 110 Å². The summed E-state index contributed by atoms with van der Waals surface area (Å²) in [6.07, 6.45) is 0.187. The molecule has 0 aliphatic heterocycles. The van der Waals surface area contributed by atoms with E-state index in [-0.39, 0.29) is 12.8 Å². The number of nitrogens with one attached hydrogen (secondary N) is 1. The van der Waals surface area contributed by atoms with Gasteiger partial charge in [-0.25, -0.2) is 0 Å². The van der Waals surface area contributed by atoms with E-state index in [0.717, 1.165) is 16.3 Å². The van der Waals surface area contributed by atoms with Crippen LogP contribution in [0.15, 0.2) is 42.5 Å². The first kappa shape index (κ1) is 21.1. The van der Waals surface area contributed by atoms with Crippen LogP contribution in [-0.4, -0.2) is 41.4 Å². The molecule has 7 heteroatoms. The highest BCUT2D eigenvalue weighted by molar-refractivity contribution is 5.93. The number of carbonyl (C=O) groups is 4. The Labute approximate surface area is 162 Å². The van der Waals surface area contributed by atoms with Crippen LogP contribution in [0, 0.1) is 0 Å². The maximum Gasteiger partial charge on any atom is 0.310 e. The quantitative estimate of drug-likeness (QED) is 0.607. The third-order valence-electron chi connectivity index (χ3n) is 4.12. The average Bonchev–Trinajstić information content (AvgIpc) is 2.65. The molecule has 7 nitrogen and oxygen atoms in total. The van der Waals surface area contributed by atoms with E-state index in [0.29, 0.717) is 6.42 Å². The maximum atomic E-state index is 12.2. The Hall–Kier alpha value is -3.22. The van der Waals surface area contributed by atoms with E-state index in [9.17, 15) is 19.2 Å². The lowest BCUT2D eigenvalue weighted by Crippen LogP contribution is -2.44. The van der Waals surface area contributed by atoms with Gasteiger partial charge in [-0.15, -0.1) is 0 Å². The zero-order chi connectivity index (χ0) is 20.5. The minimum Gasteiger partial charge on any atom is -0.481 e. The van der Waals surface area contributed by atoms with Crippen molar-refractivity contribution >= 4 is 34.4 Å². The Balaban J connectivity index is 1.91. The summed E-state index contributed by atoms with van der Waals surface area (Å²) in [4.78, 5) is 46.8. The number of Topliss-reactive ketones (excluding diaryl/α,β-unsaturated/α-hetero) is 1. The van der Waals surface area contributed by atoms with Crippen molar-refractivity contribution < 1.29 is 29.0 Å². The highest BCUT2D eigenvalue weighted by Crippen LogP contribution is 2.16. The molecule has 0 radical (unpaired) electrons. The van der Waals surface area contributed by atoms with E-state index in [4.69, 9.17) is 9.84 Å². The van der Waals surface area contributed by atoms with Gasteiger partial charge in [-0.2, -0.15) is 0 Å². The summed E-state index contributed by atoms with van der Waals surface area (Å²) in [6, 6.07) is 12.1. The number of rotatable bonds is 10. The molecule has 0 bridgehead atoms. The summed E-state index contributed by atoms with van der Waals surface area (Å²) < 4.78 is 4.99. The van der Waals surface area contributed by atoms with Crippen LogP contribution in [0.4, 0.5) is 0 Å². The van der Waals surface area contributed by atoms with E-state index < -0.39 is 42.7 Å². The summed E-state index contributed by atoms with van der Waals surface area (Å²) in [5, 5.41) is 13.3. The normalized spacial score (nSPS) is 11.6. The lowest BCUT2D eigenvalue weighted by atomic mass is 10.1. The molecule has 0 aromatic heterocycles. The second-order valence-corrected chi connectivity index (χ2v) is 6.45. The molecule has 0 spiro atoms. The summed E-state index contributed by atoms with van der Waals surface area (Å²) >= 11 is 0. The molecule has 2 rings (SSSR count). The van der Waals surface area contributed by atoms with Gasteiger partial charge in [-0.3, -0.25) is 19.2 Å². The van der Waals surface area contributed by atoms with Crippen molar-refractivity contribution in [3.63, 3.8) is 0 Å². The summed E-state index contributed by atoms with van der Waals surface area (Å²) in [6.45, 7) is 1.21. The fourth-order valence-corrected chi connectivity index (χ4v) is 2.73. The second-order valence-electron chi connectivity index (χ2n) is 6.45. The number of carboxylic acid groups (broad SMARTS) is 1. The molecular formula is C21H23NO6. The third kappa shape index (κ3) is 6.50. The van der Waals surface area contributed by atoms with Crippen LogP contribution in [-0.2, 0) is 30.3 Å². The van der Waals surface area contributed by atoms with E-state index in [2.05, 4.69) is 5.32 Å². The van der Waals surface area contributed by atoms with Crippen LogP contribution >= 0.6 is 0 Å². The van der Waals surface area contributed by atoms with Gasteiger partial charge in [-0.1, -0.05) is 49.4 Å². The highest BCUT2D eigenvalue weighted by atomic mass is 16.5. The third-order valence-corrected chi connectivity index (χ3v) is 4.12. The number of ketones is 1. The zero-order valence-corrected chi connectivity index (χ0v) is 15.6. The van der Waals surface area contributed by atoms with Gasteiger partial charge < -0.3 is 15.2 Å². The first-order chi connectivity index (χ1) is 13.4. The Kier molecular flexibility index (Phi) is 7.68. The van der Waals surface area contributed by atoms with E-state index in [1.165, 1.54) is 0 Å². The minimum atomic E-state index is -1.22. The SMILES string of the molecule is CCCC(=O)NC(CC(=O)O)C(=O)COC(=O)Cc1ccc2ccccc2c1. The van der Waals surface area contributed by atoms with Crippen molar-refractivity contribution in [3.05, 3.63) is 48.0 Å². The Bertz CT molecular complexity index is 876. The first-order valence-electron chi connectivity index (χ1n) is 9.06. The van der Waals surface area contributed by atoms with Gasteiger partial charge in [0.1, 0.15) is 6.04 Å². The van der Waals surface area contributed by atoms with Crippen LogP contribution in [0.5, 0.6) is 0 Å². The molecule has 2 aromatic rings. The largest absolute Gasteiger partial charge is 0.481 e. The number of hydrogen-bond donors (Lipinski definition) is 2. The van der Waals surface area contributed by atoms with Crippen molar-refractivity contribution in [2.45, 2.75) is 38.6 Å². The molecule has 0 saturated carbocycles. The zero-order valence-electron chi connectivity index (χ0n) is 15.6. The minimum absolute atomic E-state index is 0.0100. The van der Waals surface area contributed by atoms with Crippen LogP contribution < -0.4 is 5.32 Å². The molecule has 0 fully saturated rings. The van der Waals surface area contributed by atoms with Crippen molar-refractivity contribution in [3.8, 4) is 0 Å². The number of fused-ring (bicyclic) bond motifs is 1. The molecule has 0 saturated heterocycles. The monoisotopic (exact) mass is 385 g/mol. The smallest absolute Gasteiger partial charge is 0.310 e. The Morgan fingerprint density at radius 2 is 1.79 bits per heavy atom.